The third-order valence-electron chi connectivity index (χ3n) is 6.67. The van der Waals surface area contributed by atoms with Crippen LogP contribution in [0, 0.1) is 11.8 Å². The molecule has 1 aromatic rings. The van der Waals surface area contributed by atoms with Crippen LogP contribution in [0.4, 0.5) is 10.5 Å². The highest BCUT2D eigenvalue weighted by molar-refractivity contribution is 9.10. The molecule has 34 heavy (non-hydrogen) atoms. The SMILES string of the molecule is C[C@@H]1C[C@H](C)CN(C(=O)c2cc(Br)ccc2NC(=O)[C@@H]2CCCN2C(=O)CN2CCOC2=O)C1. The fraction of sp³-hybridized carbons (Fsp3) is 0.583. The fourth-order valence-electron chi connectivity index (χ4n) is 5.18. The summed E-state index contributed by atoms with van der Waals surface area (Å²) in [4.78, 5) is 55.9. The molecular formula is C24H31BrN4O5. The van der Waals surface area contributed by atoms with Gasteiger partial charge in [0.2, 0.25) is 11.8 Å². The molecule has 3 fully saturated rings. The molecule has 0 bridgehead atoms. The highest BCUT2D eigenvalue weighted by Crippen LogP contribution is 2.28. The van der Waals surface area contributed by atoms with Crippen molar-refractivity contribution in [3.8, 4) is 0 Å². The summed E-state index contributed by atoms with van der Waals surface area (Å²) in [5, 5.41) is 2.90. The highest BCUT2D eigenvalue weighted by atomic mass is 79.9. The van der Waals surface area contributed by atoms with E-state index in [2.05, 4.69) is 35.1 Å². The van der Waals surface area contributed by atoms with E-state index < -0.39 is 12.1 Å². The Morgan fingerprint density at radius 2 is 1.88 bits per heavy atom. The smallest absolute Gasteiger partial charge is 0.410 e. The predicted octanol–water partition coefficient (Wildman–Crippen LogP) is 2.95. The van der Waals surface area contributed by atoms with Gasteiger partial charge in [-0.05, 0) is 49.3 Å². The molecule has 3 aliphatic heterocycles. The Hall–Kier alpha value is -2.62. The Balaban J connectivity index is 1.47. The maximum absolute atomic E-state index is 13.4. The van der Waals surface area contributed by atoms with Gasteiger partial charge < -0.3 is 19.9 Å². The van der Waals surface area contributed by atoms with Crippen LogP contribution in [0.2, 0.25) is 0 Å². The zero-order chi connectivity index (χ0) is 24.4. The number of anilines is 1. The van der Waals surface area contributed by atoms with E-state index >= 15 is 0 Å². The summed E-state index contributed by atoms with van der Waals surface area (Å²) in [7, 11) is 0. The first kappa shape index (κ1) is 24.5. The molecule has 3 heterocycles. The number of rotatable bonds is 5. The van der Waals surface area contributed by atoms with E-state index in [9.17, 15) is 19.2 Å². The molecule has 1 N–H and O–H groups in total. The molecule has 0 aliphatic carbocycles. The first-order valence-electron chi connectivity index (χ1n) is 11.8. The van der Waals surface area contributed by atoms with Crippen molar-refractivity contribution in [1.82, 2.24) is 14.7 Å². The molecule has 4 rings (SSSR count). The van der Waals surface area contributed by atoms with Crippen LogP contribution in [0.5, 0.6) is 0 Å². The van der Waals surface area contributed by atoms with Crippen molar-refractivity contribution in [3.63, 3.8) is 0 Å². The van der Waals surface area contributed by atoms with Gasteiger partial charge in [0.25, 0.3) is 5.91 Å². The summed E-state index contributed by atoms with van der Waals surface area (Å²) in [6, 6.07) is 4.59. The molecular weight excluding hydrogens is 504 g/mol. The number of nitrogens with zero attached hydrogens (tertiary/aromatic N) is 3. The lowest BCUT2D eigenvalue weighted by molar-refractivity contribution is -0.137. The van der Waals surface area contributed by atoms with Crippen LogP contribution in [0.25, 0.3) is 0 Å². The molecule has 3 atom stereocenters. The van der Waals surface area contributed by atoms with Crippen LogP contribution in [0.3, 0.4) is 0 Å². The van der Waals surface area contributed by atoms with Gasteiger partial charge in [0.05, 0.1) is 17.8 Å². The molecule has 9 nitrogen and oxygen atoms in total. The summed E-state index contributed by atoms with van der Waals surface area (Å²) >= 11 is 3.44. The van der Waals surface area contributed by atoms with Crippen molar-refractivity contribution in [2.45, 2.75) is 39.2 Å². The van der Waals surface area contributed by atoms with E-state index in [-0.39, 0.29) is 30.9 Å². The maximum Gasteiger partial charge on any atom is 0.410 e. The van der Waals surface area contributed by atoms with Crippen molar-refractivity contribution in [3.05, 3.63) is 28.2 Å². The lowest BCUT2D eigenvalue weighted by Gasteiger charge is -2.35. The monoisotopic (exact) mass is 534 g/mol. The van der Waals surface area contributed by atoms with E-state index in [4.69, 9.17) is 4.74 Å². The summed E-state index contributed by atoms with van der Waals surface area (Å²) in [5.74, 6) is 0.126. The maximum atomic E-state index is 13.4. The molecule has 3 saturated heterocycles. The van der Waals surface area contributed by atoms with Crippen molar-refractivity contribution in [1.29, 1.82) is 0 Å². The molecule has 4 amide bonds. The quantitative estimate of drug-likeness (QED) is 0.625. The molecule has 184 valence electrons. The van der Waals surface area contributed by atoms with Gasteiger partial charge >= 0.3 is 6.09 Å². The lowest BCUT2D eigenvalue weighted by Crippen LogP contribution is -2.47. The Morgan fingerprint density at radius 3 is 2.56 bits per heavy atom. The second-order valence-corrected chi connectivity index (χ2v) is 10.5. The van der Waals surface area contributed by atoms with E-state index in [1.54, 1.807) is 18.2 Å². The van der Waals surface area contributed by atoms with E-state index in [0.29, 0.717) is 62.1 Å². The third kappa shape index (κ3) is 5.37. The first-order valence-corrected chi connectivity index (χ1v) is 12.6. The number of nitrogens with one attached hydrogen (secondary N) is 1. The first-order chi connectivity index (χ1) is 16.2. The molecule has 0 unspecified atom stereocenters. The molecule has 0 aromatic heterocycles. The minimum absolute atomic E-state index is 0.101. The zero-order valence-corrected chi connectivity index (χ0v) is 21.2. The van der Waals surface area contributed by atoms with Crippen molar-refractivity contribution < 1.29 is 23.9 Å². The van der Waals surface area contributed by atoms with Crippen LogP contribution >= 0.6 is 15.9 Å². The van der Waals surface area contributed by atoms with Gasteiger partial charge in [0.15, 0.2) is 0 Å². The second kappa shape index (κ2) is 10.3. The summed E-state index contributed by atoms with van der Waals surface area (Å²) in [6.07, 6.45) is 1.81. The minimum atomic E-state index is -0.646. The number of amides is 4. The largest absolute Gasteiger partial charge is 0.448 e. The van der Waals surface area contributed by atoms with E-state index in [0.717, 1.165) is 10.9 Å². The van der Waals surface area contributed by atoms with Gasteiger partial charge in [-0.2, -0.15) is 0 Å². The Labute approximate surface area is 207 Å². The highest BCUT2D eigenvalue weighted by Gasteiger charge is 2.37. The molecule has 0 spiro atoms. The van der Waals surface area contributed by atoms with Crippen LogP contribution in [-0.2, 0) is 14.3 Å². The van der Waals surface area contributed by atoms with Gasteiger partial charge in [-0.1, -0.05) is 29.8 Å². The van der Waals surface area contributed by atoms with Crippen LogP contribution in [0.15, 0.2) is 22.7 Å². The van der Waals surface area contributed by atoms with Gasteiger partial charge in [-0.25, -0.2) is 4.79 Å². The Morgan fingerprint density at radius 1 is 1.15 bits per heavy atom. The number of piperidine rings is 1. The zero-order valence-electron chi connectivity index (χ0n) is 19.6. The topological polar surface area (TPSA) is 99.3 Å². The number of halogens is 1. The number of carbonyl (C=O) groups excluding carboxylic acids is 4. The van der Waals surface area contributed by atoms with Crippen LogP contribution in [0.1, 0.15) is 43.5 Å². The number of cyclic esters (lactones) is 1. The number of hydrogen-bond donors (Lipinski definition) is 1. The average Bonchev–Trinajstić information content (AvgIpc) is 3.43. The summed E-state index contributed by atoms with van der Waals surface area (Å²) in [5.41, 5.74) is 0.867. The standard InChI is InChI=1S/C24H31BrN4O5/c1-15-10-16(2)13-28(12-15)23(32)18-11-17(25)5-6-19(18)26-22(31)20-4-3-7-29(20)21(30)14-27-8-9-34-24(27)33/h5-6,11,15-16,20H,3-4,7-10,12-14H2,1-2H3,(H,26,31)/t15-,16+,20-/m0/s1. The van der Waals surface area contributed by atoms with Crippen molar-refractivity contribution >= 4 is 45.4 Å². The Bertz CT molecular complexity index is 976. The number of hydrogen-bond acceptors (Lipinski definition) is 5. The van der Waals surface area contributed by atoms with Crippen LogP contribution in [-0.4, -0.2) is 83.9 Å². The number of likely N-dealkylation sites (tertiary alicyclic amines) is 2. The normalized spacial score (nSPS) is 24.9. The second-order valence-electron chi connectivity index (χ2n) is 9.62. The predicted molar refractivity (Wildman–Crippen MR) is 129 cm³/mol. The summed E-state index contributed by atoms with van der Waals surface area (Å²) < 4.78 is 5.64. The van der Waals surface area contributed by atoms with E-state index in [1.807, 2.05) is 4.90 Å². The Kier molecular flexibility index (Phi) is 7.45. The van der Waals surface area contributed by atoms with Crippen molar-refractivity contribution in [2.24, 2.45) is 11.8 Å². The molecule has 0 saturated carbocycles. The number of ether oxygens (including phenoxy) is 1. The number of benzene rings is 1. The van der Waals surface area contributed by atoms with Gasteiger partial charge in [0.1, 0.15) is 19.2 Å². The third-order valence-corrected chi connectivity index (χ3v) is 7.17. The molecule has 10 heteroatoms. The van der Waals surface area contributed by atoms with Gasteiger partial charge in [0, 0.05) is 24.1 Å². The fourth-order valence-corrected chi connectivity index (χ4v) is 5.54. The minimum Gasteiger partial charge on any atom is -0.448 e. The summed E-state index contributed by atoms with van der Waals surface area (Å²) in [6.45, 7) is 6.66. The van der Waals surface area contributed by atoms with E-state index in [1.165, 1.54) is 9.80 Å². The molecule has 3 aliphatic rings. The van der Waals surface area contributed by atoms with Crippen molar-refractivity contribution in [2.75, 3.05) is 44.6 Å². The molecule has 1 aromatic carbocycles. The number of carbonyl (C=O) groups is 4. The molecule has 0 radical (unpaired) electrons. The van der Waals surface area contributed by atoms with Gasteiger partial charge in [-0.15, -0.1) is 0 Å². The lowest BCUT2D eigenvalue weighted by atomic mass is 9.91. The van der Waals surface area contributed by atoms with Gasteiger partial charge in [-0.3, -0.25) is 19.3 Å². The van der Waals surface area contributed by atoms with Crippen LogP contribution < -0.4 is 5.32 Å². The average molecular weight is 535 g/mol.